The topological polar surface area (TPSA) is 51.0 Å². The summed E-state index contributed by atoms with van der Waals surface area (Å²) in [6.45, 7) is 5.54. The summed E-state index contributed by atoms with van der Waals surface area (Å²) in [6, 6.07) is 5.93. The van der Waals surface area contributed by atoms with Crippen LogP contribution in [0.2, 0.25) is 5.02 Å². The first-order chi connectivity index (χ1) is 8.69. The highest BCUT2D eigenvalue weighted by Gasteiger charge is 2.07. The molecule has 0 saturated heterocycles. The van der Waals surface area contributed by atoms with Gasteiger partial charge in [-0.15, -0.1) is 10.2 Å². The Morgan fingerprint density at radius 1 is 1.39 bits per heavy atom. The smallest absolute Gasteiger partial charge is 0.281 e. The van der Waals surface area contributed by atoms with Crippen LogP contribution in [0.1, 0.15) is 18.4 Å². The molecule has 6 heteroatoms. The average Bonchev–Trinajstić information content (AvgIpc) is 2.74. The number of nitrogens with one attached hydrogen (secondary N) is 1. The van der Waals surface area contributed by atoms with E-state index >= 15 is 0 Å². The van der Waals surface area contributed by atoms with Crippen molar-refractivity contribution in [3.8, 4) is 0 Å². The number of benzene rings is 1. The molecule has 1 aromatic carbocycles. The van der Waals surface area contributed by atoms with E-state index in [4.69, 9.17) is 16.0 Å². The van der Waals surface area contributed by atoms with Gasteiger partial charge >= 0.3 is 0 Å². The molecule has 0 atom stereocenters. The fraction of sp³-hybridized carbons (Fsp3) is 0.333. The molecule has 0 aliphatic carbocycles. The Morgan fingerprint density at radius 2 is 2.22 bits per heavy atom. The van der Waals surface area contributed by atoms with Crippen molar-refractivity contribution in [3.05, 3.63) is 34.7 Å². The largest absolute Gasteiger partial charge is 0.416 e. The number of hydrogen-bond donors (Lipinski definition) is 1. The Balaban J connectivity index is 2.08. The summed E-state index contributed by atoms with van der Waals surface area (Å²) in [5.41, 5.74) is 1.09. The Hall–Kier alpha value is -1.04. The van der Waals surface area contributed by atoms with Crippen molar-refractivity contribution in [2.45, 2.75) is 30.5 Å². The van der Waals surface area contributed by atoms with E-state index < -0.39 is 0 Å². The lowest BCUT2D eigenvalue weighted by Gasteiger charge is -2.06. The van der Waals surface area contributed by atoms with Gasteiger partial charge in [0.05, 0.1) is 0 Å². The van der Waals surface area contributed by atoms with Gasteiger partial charge in [-0.25, -0.2) is 0 Å². The van der Waals surface area contributed by atoms with Gasteiger partial charge in [-0.3, -0.25) is 0 Å². The summed E-state index contributed by atoms with van der Waals surface area (Å²) in [5.74, 6) is 0.562. The molecule has 4 nitrogen and oxygen atoms in total. The van der Waals surface area contributed by atoms with Crippen molar-refractivity contribution in [2.75, 3.05) is 6.54 Å². The maximum atomic E-state index is 6.22. The molecule has 1 aromatic heterocycles. The lowest BCUT2D eigenvalue weighted by Crippen LogP contribution is -2.11. The predicted molar refractivity (Wildman–Crippen MR) is 72.0 cm³/mol. The zero-order chi connectivity index (χ0) is 13.0. The zero-order valence-corrected chi connectivity index (χ0v) is 11.8. The lowest BCUT2D eigenvalue weighted by atomic mass is 10.2. The zero-order valence-electron chi connectivity index (χ0n) is 10.2. The minimum Gasteiger partial charge on any atom is -0.416 e. The molecule has 1 N–H and O–H groups in total. The van der Waals surface area contributed by atoms with Crippen LogP contribution in [0.4, 0.5) is 0 Å². The Labute approximate surface area is 115 Å². The fourth-order valence-electron chi connectivity index (χ4n) is 1.42. The second kappa shape index (κ2) is 6.22. The molecular weight excluding hydrogens is 270 g/mol. The van der Waals surface area contributed by atoms with Crippen LogP contribution in [0.5, 0.6) is 0 Å². The van der Waals surface area contributed by atoms with Crippen LogP contribution in [-0.2, 0) is 6.54 Å². The standard InChI is InChI=1S/C12H14ClN3OS/c1-3-14-7-9-4-5-10(6-11(9)13)18-12-16-15-8(2)17-12/h4-6,14H,3,7H2,1-2H3. The van der Waals surface area contributed by atoms with Crippen LogP contribution >= 0.6 is 23.4 Å². The van der Waals surface area contributed by atoms with Crippen molar-refractivity contribution < 1.29 is 4.42 Å². The normalized spacial score (nSPS) is 10.8. The predicted octanol–water partition coefficient (Wildman–Crippen LogP) is 3.29. The molecule has 0 fully saturated rings. The van der Waals surface area contributed by atoms with E-state index in [2.05, 4.69) is 22.4 Å². The van der Waals surface area contributed by atoms with Crippen LogP contribution in [-0.4, -0.2) is 16.7 Å². The first kappa shape index (κ1) is 13.4. The number of halogens is 1. The quantitative estimate of drug-likeness (QED) is 0.912. The van der Waals surface area contributed by atoms with E-state index in [1.165, 1.54) is 11.8 Å². The third-order valence-electron chi connectivity index (χ3n) is 2.30. The van der Waals surface area contributed by atoms with E-state index in [-0.39, 0.29) is 0 Å². The summed E-state index contributed by atoms with van der Waals surface area (Å²) in [5, 5.41) is 12.2. The van der Waals surface area contributed by atoms with Crippen LogP contribution in [0.3, 0.4) is 0 Å². The van der Waals surface area contributed by atoms with Gasteiger partial charge in [0.15, 0.2) is 0 Å². The number of hydrogen-bond acceptors (Lipinski definition) is 5. The van der Waals surface area contributed by atoms with E-state index in [1.807, 2.05) is 18.2 Å². The maximum Gasteiger partial charge on any atom is 0.281 e. The molecule has 1 heterocycles. The van der Waals surface area contributed by atoms with Crippen molar-refractivity contribution >= 4 is 23.4 Å². The summed E-state index contributed by atoms with van der Waals surface area (Å²) >= 11 is 7.63. The van der Waals surface area contributed by atoms with Gasteiger partial charge in [0.2, 0.25) is 5.89 Å². The summed E-state index contributed by atoms with van der Waals surface area (Å²) in [4.78, 5) is 0.990. The van der Waals surface area contributed by atoms with Gasteiger partial charge in [0.25, 0.3) is 5.22 Å². The van der Waals surface area contributed by atoms with Gasteiger partial charge in [-0.1, -0.05) is 24.6 Å². The first-order valence-corrected chi connectivity index (χ1v) is 6.85. The Morgan fingerprint density at radius 3 is 2.83 bits per heavy atom. The molecule has 0 radical (unpaired) electrons. The van der Waals surface area contributed by atoms with Crippen LogP contribution in [0.25, 0.3) is 0 Å². The molecule has 96 valence electrons. The van der Waals surface area contributed by atoms with Gasteiger partial charge < -0.3 is 9.73 Å². The van der Waals surface area contributed by atoms with Crippen molar-refractivity contribution in [1.82, 2.24) is 15.5 Å². The summed E-state index contributed by atoms with van der Waals surface area (Å²) in [7, 11) is 0. The summed E-state index contributed by atoms with van der Waals surface area (Å²) < 4.78 is 5.31. The van der Waals surface area contributed by atoms with Gasteiger partial charge in [-0.05, 0) is 36.0 Å². The van der Waals surface area contributed by atoms with Crippen molar-refractivity contribution in [2.24, 2.45) is 0 Å². The molecular formula is C12H14ClN3OS. The first-order valence-electron chi connectivity index (χ1n) is 5.66. The minimum atomic E-state index is 0.531. The van der Waals surface area contributed by atoms with Gasteiger partial charge in [0.1, 0.15) is 0 Å². The van der Waals surface area contributed by atoms with Crippen LogP contribution in [0, 0.1) is 6.92 Å². The van der Waals surface area contributed by atoms with Crippen molar-refractivity contribution in [3.63, 3.8) is 0 Å². The molecule has 0 aliphatic heterocycles. The van der Waals surface area contributed by atoms with E-state index in [9.17, 15) is 0 Å². The third kappa shape index (κ3) is 3.48. The second-order valence-corrected chi connectivity index (χ2v) is 5.15. The number of aromatic nitrogens is 2. The maximum absolute atomic E-state index is 6.22. The van der Waals surface area contributed by atoms with Crippen molar-refractivity contribution in [1.29, 1.82) is 0 Å². The lowest BCUT2D eigenvalue weighted by molar-refractivity contribution is 0.429. The molecule has 18 heavy (non-hydrogen) atoms. The van der Waals surface area contributed by atoms with E-state index in [1.54, 1.807) is 6.92 Å². The average molecular weight is 284 g/mol. The molecule has 0 unspecified atom stereocenters. The monoisotopic (exact) mass is 283 g/mol. The molecule has 0 bridgehead atoms. The number of rotatable bonds is 5. The highest BCUT2D eigenvalue weighted by Crippen LogP contribution is 2.29. The van der Waals surface area contributed by atoms with Gasteiger partial charge in [-0.2, -0.15) is 0 Å². The molecule has 0 aliphatic rings. The molecule has 0 amide bonds. The molecule has 2 rings (SSSR count). The van der Waals surface area contributed by atoms with E-state index in [0.29, 0.717) is 11.1 Å². The second-order valence-electron chi connectivity index (χ2n) is 3.72. The Kier molecular flexibility index (Phi) is 4.63. The van der Waals surface area contributed by atoms with Gasteiger partial charge in [0, 0.05) is 23.4 Å². The van der Waals surface area contributed by atoms with Crippen LogP contribution in [0.15, 0.2) is 32.7 Å². The number of aryl methyl sites for hydroxylation is 1. The number of nitrogens with zero attached hydrogens (tertiary/aromatic N) is 2. The minimum absolute atomic E-state index is 0.531. The Bertz CT molecular complexity index is 530. The third-order valence-corrected chi connectivity index (χ3v) is 3.48. The van der Waals surface area contributed by atoms with E-state index in [0.717, 1.165) is 28.6 Å². The van der Waals surface area contributed by atoms with Crippen LogP contribution < -0.4 is 5.32 Å². The highest BCUT2D eigenvalue weighted by atomic mass is 35.5. The molecule has 0 spiro atoms. The molecule has 0 saturated carbocycles. The molecule has 2 aromatic rings. The summed E-state index contributed by atoms with van der Waals surface area (Å²) in [6.07, 6.45) is 0. The highest BCUT2D eigenvalue weighted by molar-refractivity contribution is 7.99. The fourth-order valence-corrected chi connectivity index (χ4v) is 2.49. The SMILES string of the molecule is CCNCc1ccc(Sc2nnc(C)o2)cc1Cl.